The number of halogens is 2. The van der Waals surface area contributed by atoms with Gasteiger partial charge in [0.15, 0.2) is 0 Å². The zero-order chi connectivity index (χ0) is 8.55. The minimum Gasteiger partial charge on any atom is -0.151 e. The van der Waals surface area contributed by atoms with Gasteiger partial charge in [-0.05, 0) is 42.6 Å². The van der Waals surface area contributed by atoms with Crippen molar-refractivity contribution < 1.29 is 0 Å². The lowest BCUT2D eigenvalue weighted by atomic mass is 10.2. The zero-order valence-electron chi connectivity index (χ0n) is 5.88. The Balaban J connectivity index is 2.57. The monoisotopic (exact) mass is 322 g/mol. The summed E-state index contributed by atoms with van der Waals surface area (Å²) < 4.78 is 2.35. The van der Waals surface area contributed by atoms with Crippen molar-refractivity contribution in [2.45, 2.75) is 0 Å². The van der Waals surface area contributed by atoms with Crippen molar-refractivity contribution in [3.63, 3.8) is 0 Å². The second-order valence-corrected chi connectivity index (χ2v) is 5.46. The highest BCUT2D eigenvalue weighted by Crippen LogP contribution is 2.37. The summed E-state index contributed by atoms with van der Waals surface area (Å²) in [5.74, 6) is 0. The molecule has 0 bridgehead atoms. The second kappa shape index (κ2) is 3.62. The third kappa shape index (κ3) is 1.53. The van der Waals surface area contributed by atoms with E-state index >= 15 is 0 Å². The SMILES string of the molecule is Brc1cscc1-c1cscc1Br. The van der Waals surface area contributed by atoms with Gasteiger partial charge in [0.05, 0.1) is 0 Å². The summed E-state index contributed by atoms with van der Waals surface area (Å²) in [4.78, 5) is 0. The van der Waals surface area contributed by atoms with E-state index in [0.29, 0.717) is 0 Å². The molecule has 0 aromatic carbocycles. The molecule has 4 heteroatoms. The molecule has 0 saturated carbocycles. The Morgan fingerprint density at radius 3 is 1.42 bits per heavy atom. The van der Waals surface area contributed by atoms with E-state index in [1.807, 2.05) is 0 Å². The fourth-order valence-electron chi connectivity index (χ4n) is 0.947. The number of thiophene rings is 2. The van der Waals surface area contributed by atoms with E-state index in [4.69, 9.17) is 0 Å². The second-order valence-electron chi connectivity index (χ2n) is 2.27. The van der Waals surface area contributed by atoms with Crippen molar-refractivity contribution >= 4 is 54.5 Å². The predicted molar refractivity (Wildman–Crippen MR) is 63.0 cm³/mol. The quantitative estimate of drug-likeness (QED) is 0.692. The Bertz CT molecular complexity index is 351. The van der Waals surface area contributed by atoms with Crippen LogP contribution in [0.15, 0.2) is 30.5 Å². The molecule has 0 radical (unpaired) electrons. The molecule has 12 heavy (non-hydrogen) atoms. The molecule has 0 amide bonds. The number of hydrogen-bond donors (Lipinski definition) is 0. The van der Waals surface area contributed by atoms with Crippen LogP contribution in [-0.2, 0) is 0 Å². The molecule has 2 heterocycles. The third-order valence-corrected chi connectivity index (χ3v) is 4.92. The van der Waals surface area contributed by atoms with Crippen LogP contribution in [0, 0.1) is 0 Å². The van der Waals surface area contributed by atoms with Crippen LogP contribution >= 0.6 is 54.5 Å². The summed E-state index contributed by atoms with van der Waals surface area (Å²) in [6, 6.07) is 0. The highest BCUT2D eigenvalue weighted by atomic mass is 79.9. The van der Waals surface area contributed by atoms with Crippen molar-refractivity contribution in [3.8, 4) is 11.1 Å². The maximum Gasteiger partial charge on any atom is 0.0361 e. The van der Waals surface area contributed by atoms with Crippen LogP contribution in [0.1, 0.15) is 0 Å². The normalized spacial score (nSPS) is 10.5. The van der Waals surface area contributed by atoms with Gasteiger partial charge in [-0.15, -0.1) is 0 Å². The first kappa shape index (κ1) is 8.94. The maximum atomic E-state index is 3.52. The highest BCUT2D eigenvalue weighted by Gasteiger charge is 2.07. The van der Waals surface area contributed by atoms with E-state index in [1.54, 1.807) is 22.7 Å². The Hall–Kier alpha value is 0.360. The van der Waals surface area contributed by atoms with Crippen LogP contribution in [0.2, 0.25) is 0 Å². The molecule has 62 valence electrons. The molecule has 0 N–H and O–H groups in total. The molecule has 0 aliphatic rings. The molecule has 0 unspecified atom stereocenters. The Labute approximate surface area is 95.5 Å². The van der Waals surface area contributed by atoms with Gasteiger partial charge in [-0.1, -0.05) is 0 Å². The van der Waals surface area contributed by atoms with Gasteiger partial charge in [0.1, 0.15) is 0 Å². The van der Waals surface area contributed by atoms with Gasteiger partial charge < -0.3 is 0 Å². The summed E-state index contributed by atoms with van der Waals surface area (Å²) in [6.45, 7) is 0. The summed E-state index contributed by atoms with van der Waals surface area (Å²) in [6.07, 6.45) is 0. The summed E-state index contributed by atoms with van der Waals surface area (Å²) in [5.41, 5.74) is 2.54. The average molecular weight is 324 g/mol. The lowest BCUT2D eigenvalue weighted by Gasteiger charge is -1.94. The predicted octanol–water partition coefficient (Wildman–Crippen LogP) is 5.00. The first-order valence-corrected chi connectivity index (χ1v) is 6.70. The average Bonchev–Trinajstić information content (AvgIpc) is 2.59. The number of rotatable bonds is 1. The summed E-state index contributed by atoms with van der Waals surface area (Å²) in [7, 11) is 0. The molecular formula is C8H4Br2S2. The van der Waals surface area contributed by atoms with Crippen molar-refractivity contribution in [1.82, 2.24) is 0 Å². The van der Waals surface area contributed by atoms with Gasteiger partial charge in [0.25, 0.3) is 0 Å². The smallest absolute Gasteiger partial charge is 0.0361 e. The van der Waals surface area contributed by atoms with E-state index in [1.165, 1.54) is 20.1 Å². The van der Waals surface area contributed by atoms with Crippen LogP contribution < -0.4 is 0 Å². The van der Waals surface area contributed by atoms with Gasteiger partial charge in [0, 0.05) is 30.8 Å². The van der Waals surface area contributed by atoms with Crippen LogP contribution in [0.3, 0.4) is 0 Å². The van der Waals surface area contributed by atoms with Crippen LogP contribution in [0.25, 0.3) is 11.1 Å². The standard InChI is InChI=1S/C8H4Br2S2/c9-7-3-11-1-5(7)6-2-12-4-8(6)10/h1-4H. The van der Waals surface area contributed by atoms with E-state index in [0.717, 1.165) is 0 Å². The van der Waals surface area contributed by atoms with E-state index in [9.17, 15) is 0 Å². The molecule has 0 spiro atoms. The highest BCUT2D eigenvalue weighted by molar-refractivity contribution is 9.11. The molecule has 0 fully saturated rings. The van der Waals surface area contributed by atoms with Crippen molar-refractivity contribution in [2.75, 3.05) is 0 Å². The lowest BCUT2D eigenvalue weighted by molar-refractivity contribution is 1.74. The molecule has 0 saturated heterocycles. The fourth-order valence-corrected chi connectivity index (χ4v) is 3.96. The fraction of sp³-hybridized carbons (Fsp3) is 0. The van der Waals surface area contributed by atoms with Crippen LogP contribution in [-0.4, -0.2) is 0 Å². The van der Waals surface area contributed by atoms with Crippen LogP contribution in [0.4, 0.5) is 0 Å². The first-order chi connectivity index (χ1) is 5.79. The largest absolute Gasteiger partial charge is 0.151 e. The molecule has 2 aromatic heterocycles. The Kier molecular flexibility index (Phi) is 2.69. The van der Waals surface area contributed by atoms with Gasteiger partial charge in [-0.3, -0.25) is 0 Å². The van der Waals surface area contributed by atoms with Crippen molar-refractivity contribution in [1.29, 1.82) is 0 Å². The Morgan fingerprint density at radius 2 is 1.17 bits per heavy atom. The van der Waals surface area contributed by atoms with Gasteiger partial charge in [0.2, 0.25) is 0 Å². The van der Waals surface area contributed by atoms with E-state index < -0.39 is 0 Å². The van der Waals surface area contributed by atoms with Crippen molar-refractivity contribution in [2.24, 2.45) is 0 Å². The first-order valence-electron chi connectivity index (χ1n) is 3.23. The third-order valence-electron chi connectivity index (χ3n) is 1.52. The minimum absolute atomic E-state index is 1.17. The molecule has 2 aromatic rings. The van der Waals surface area contributed by atoms with E-state index in [2.05, 4.69) is 53.4 Å². The van der Waals surface area contributed by atoms with E-state index in [-0.39, 0.29) is 0 Å². The molecular weight excluding hydrogens is 320 g/mol. The van der Waals surface area contributed by atoms with Crippen LogP contribution in [0.5, 0.6) is 0 Å². The summed E-state index contributed by atoms with van der Waals surface area (Å²) >= 11 is 10.5. The molecule has 0 aliphatic heterocycles. The van der Waals surface area contributed by atoms with Gasteiger partial charge in [-0.2, -0.15) is 22.7 Å². The zero-order valence-corrected chi connectivity index (χ0v) is 10.7. The molecule has 0 atom stereocenters. The maximum absolute atomic E-state index is 3.52. The Morgan fingerprint density at radius 1 is 0.750 bits per heavy atom. The number of hydrogen-bond acceptors (Lipinski definition) is 2. The summed E-state index contributed by atoms with van der Waals surface area (Å²) in [5, 5.41) is 8.49. The van der Waals surface area contributed by atoms with Crippen molar-refractivity contribution in [3.05, 3.63) is 30.5 Å². The molecule has 0 aliphatic carbocycles. The molecule has 0 nitrogen and oxygen atoms in total. The lowest BCUT2D eigenvalue weighted by Crippen LogP contribution is -1.69. The molecule has 2 rings (SSSR count). The van der Waals surface area contributed by atoms with Gasteiger partial charge >= 0.3 is 0 Å². The van der Waals surface area contributed by atoms with Gasteiger partial charge in [-0.25, -0.2) is 0 Å². The topological polar surface area (TPSA) is 0 Å². The minimum atomic E-state index is 1.17.